The van der Waals surface area contributed by atoms with Gasteiger partial charge in [0.1, 0.15) is 5.75 Å². The predicted octanol–water partition coefficient (Wildman–Crippen LogP) is -4.66. The first-order valence-electron chi connectivity index (χ1n) is 2.20. The van der Waals surface area contributed by atoms with Crippen LogP contribution < -0.4 is 29.6 Å². The zero-order valence-corrected chi connectivity index (χ0v) is 8.37. The summed E-state index contributed by atoms with van der Waals surface area (Å²) in [7, 11) is -4.15. The summed E-state index contributed by atoms with van der Waals surface area (Å²) in [5, 5.41) is 16.5. The maximum absolute atomic E-state index is 9.88. The summed E-state index contributed by atoms with van der Waals surface area (Å²) in [5.41, 5.74) is 0. The number of aliphatic hydroxyl groups is 2. The van der Waals surface area contributed by atoms with Gasteiger partial charge in [0, 0.05) is 0 Å². The molecule has 0 bridgehead atoms. The Labute approximate surface area is 82.6 Å². The van der Waals surface area contributed by atoms with Gasteiger partial charge in [0.15, 0.2) is 0 Å². The van der Waals surface area contributed by atoms with E-state index in [0.29, 0.717) is 0 Å². The number of hydrogen-bond donors (Lipinski definition) is 3. The van der Waals surface area contributed by atoms with Gasteiger partial charge < -0.3 is 11.6 Å². The third kappa shape index (κ3) is 8.83. The van der Waals surface area contributed by atoms with Gasteiger partial charge in [-0.05, 0) is 0 Å². The molecule has 0 aromatic rings. The van der Waals surface area contributed by atoms with E-state index in [9.17, 15) is 8.42 Å². The van der Waals surface area contributed by atoms with Crippen LogP contribution in [-0.4, -0.2) is 41.6 Å². The van der Waals surface area contributed by atoms with Gasteiger partial charge in [-0.3, -0.25) is 4.55 Å². The molecule has 58 valence electrons. The van der Waals surface area contributed by atoms with Crippen molar-refractivity contribution in [1.29, 1.82) is 0 Å². The first-order chi connectivity index (χ1) is 3.95. The molecule has 0 fully saturated rings. The molecule has 3 N–H and O–H groups in total. The van der Waals surface area contributed by atoms with E-state index in [0.717, 1.165) is 0 Å². The molecule has 1 atom stereocenters. The summed E-state index contributed by atoms with van der Waals surface area (Å²) in [5.74, 6) is -0.816. The fraction of sp³-hybridized carbons (Fsp3) is 1.00. The SMILES string of the molecule is O=S(=O)(O)CC(O)CO.[H-].[Na+]. The summed E-state index contributed by atoms with van der Waals surface area (Å²) in [6.07, 6.45) is -1.39. The molecule has 0 aromatic heterocycles. The third-order valence-corrected chi connectivity index (χ3v) is 1.42. The second-order valence-corrected chi connectivity index (χ2v) is 3.08. The van der Waals surface area contributed by atoms with Crippen molar-refractivity contribution in [2.75, 3.05) is 12.4 Å². The zero-order chi connectivity index (χ0) is 7.49. The summed E-state index contributed by atoms with van der Waals surface area (Å²) >= 11 is 0. The van der Waals surface area contributed by atoms with Crippen LogP contribution in [0.4, 0.5) is 0 Å². The normalized spacial score (nSPS) is 13.9. The van der Waals surface area contributed by atoms with Crippen LogP contribution in [0.5, 0.6) is 0 Å². The van der Waals surface area contributed by atoms with Crippen LogP contribution in [0.1, 0.15) is 1.43 Å². The maximum Gasteiger partial charge on any atom is 1.00 e. The van der Waals surface area contributed by atoms with E-state index >= 15 is 0 Å². The van der Waals surface area contributed by atoms with Crippen molar-refractivity contribution in [2.24, 2.45) is 0 Å². The van der Waals surface area contributed by atoms with Gasteiger partial charge in [-0.1, -0.05) is 0 Å². The number of aliphatic hydroxyl groups excluding tert-OH is 2. The van der Waals surface area contributed by atoms with Crippen LogP contribution in [0.15, 0.2) is 0 Å². The van der Waals surface area contributed by atoms with Crippen molar-refractivity contribution >= 4 is 10.1 Å². The monoisotopic (exact) mass is 180 g/mol. The Morgan fingerprint density at radius 2 is 1.90 bits per heavy atom. The molecule has 0 saturated heterocycles. The third-order valence-electron chi connectivity index (χ3n) is 0.614. The molecular weight excluding hydrogens is 171 g/mol. The number of hydrogen-bond acceptors (Lipinski definition) is 4. The van der Waals surface area contributed by atoms with E-state index in [2.05, 4.69) is 0 Å². The largest absolute Gasteiger partial charge is 1.00 e. The molecule has 5 nitrogen and oxygen atoms in total. The molecule has 10 heavy (non-hydrogen) atoms. The molecule has 0 aliphatic carbocycles. The van der Waals surface area contributed by atoms with Gasteiger partial charge in [-0.2, -0.15) is 8.42 Å². The van der Waals surface area contributed by atoms with E-state index in [-0.39, 0.29) is 31.0 Å². The Morgan fingerprint density at radius 1 is 1.50 bits per heavy atom. The first kappa shape index (κ1) is 13.4. The molecule has 1 unspecified atom stereocenters. The van der Waals surface area contributed by atoms with Crippen LogP contribution in [0, 0.1) is 0 Å². The van der Waals surface area contributed by atoms with Crippen LogP contribution in [-0.2, 0) is 10.1 Å². The van der Waals surface area contributed by atoms with Gasteiger partial charge in [0.05, 0.1) is 12.7 Å². The topological polar surface area (TPSA) is 94.8 Å². The smallest absolute Gasteiger partial charge is 1.00 e. The Morgan fingerprint density at radius 3 is 2.00 bits per heavy atom. The molecule has 0 aliphatic heterocycles. The van der Waals surface area contributed by atoms with Crippen LogP contribution in [0.3, 0.4) is 0 Å². The average Bonchev–Trinajstić information content (AvgIpc) is 1.62. The molecule has 0 saturated carbocycles. The Hall–Kier alpha value is 0.830. The van der Waals surface area contributed by atoms with Crippen molar-refractivity contribution in [3.8, 4) is 0 Å². The molecule has 0 amide bonds. The Kier molecular flexibility index (Phi) is 7.35. The molecular formula is C3H9NaO5S. The fourth-order valence-electron chi connectivity index (χ4n) is 0.296. The maximum atomic E-state index is 9.88. The zero-order valence-electron chi connectivity index (χ0n) is 6.56. The standard InChI is InChI=1S/C3H8O5S.Na.H/c4-1-3(5)2-9(6,7)8;;/h3-5H,1-2H2,(H,6,7,8);;/q;+1;-1. The molecule has 0 radical (unpaired) electrons. The fourth-order valence-corrected chi connectivity index (χ4v) is 0.887. The predicted molar refractivity (Wildman–Crippen MR) is 30.6 cm³/mol. The second-order valence-electron chi connectivity index (χ2n) is 1.58. The van der Waals surface area contributed by atoms with Crippen LogP contribution in [0.25, 0.3) is 0 Å². The van der Waals surface area contributed by atoms with E-state index in [1.54, 1.807) is 0 Å². The van der Waals surface area contributed by atoms with Crippen LogP contribution in [0.2, 0.25) is 0 Å². The van der Waals surface area contributed by atoms with Crippen molar-refractivity contribution in [3.63, 3.8) is 0 Å². The van der Waals surface area contributed by atoms with Gasteiger partial charge in [0.2, 0.25) is 0 Å². The number of rotatable bonds is 3. The quantitative estimate of drug-likeness (QED) is 0.300. The molecule has 0 aromatic carbocycles. The minimum absolute atomic E-state index is 0. The van der Waals surface area contributed by atoms with Crippen molar-refractivity contribution in [3.05, 3.63) is 0 Å². The van der Waals surface area contributed by atoms with Gasteiger partial charge in [-0.25, -0.2) is 0 Å². The van der Waals surface area contributed by atoms with Gasteiger partial charge >= 0.3 is 29.6 Å². The van der Waals surface area contributed by atoms with Crippen molar-refractivity contribution < 1.29 is 54.2 Å². The molecule has 7 heteroatoms. The van der Waals surface area contributed by atoms with Gasteiger partial charge in [-0.15, -0.1) is 0 Å². The second kappa shape index (κ2) is 5.48. The van der Waals surface area contributed by atoms with E-state index in [1.807, 2.05) is 0 Å². The molecule has 0 rings (SSSR count). The average molecular weight is 180 g/mol. The Bertz CT molecular complexity index is 169. The summed E-state index contributed by atoms with van der Waals surface area (Å²) in [6, 6.07) is 0. The minimum atomic E-state index is -4.15. The molecule has 0 spiro atoms. The van der Waals surface area contributed by atoms with E-state index in [4.69, 9.17) is 14.8 Å². The van der Waals surface area contributed by atoms with Gasteiger partial charge in [0.25, 0.3) is 10.1 Å². The van der Waals surface area contributed by atoms with Crippen LogP contribution >= 0.6 is 0 Å². The first-order valence-corrected chi connectivity index (χ1v) is 3.80. The molecule has 0 aliphatic rings. The summed E-state index contributed by atoms with van der Waals surface area (Å²) in [6.45, 7) is -0.667. The summed E-state index contributed by atoms with van der Waals surface area (Å²) in [4.78, 5) is 0. The van der Waals surface area contributed by atoms with E-state index < -0.39 is 28.6 Å². The Balaban J connectivity index is -0.000000320. The minimum Gasteiger partial charge on any atom is -1.00 e. The summed E-state index contributed by atoms with van der Waals surface area (Å²) < 4.78 is 27.8. The van der Waals surface area contributed by atoms with Crippen molar-refractivity contribution in [2.45, 2.75) is 6.10 Å². The molecule has 0 heterocycles. The van der Waals surface area contributed by atoms with Crippen molar-refractivity contribution in [1.82, 2.24) is 0 Å². The van der Waals surface area contributed by atoms with E-state index in [1.165, 1.54) is 0 Å².